The van der Waals surface area contributed by atoms with Crippen molar-refractivity contribution in [1.29, 1.82) is 0 Å². The number of hydrogen-bond donors (Lipinski definition) is 1. The molecule has 2 aromatic carbocycles. The van der Waals surface area contributed by atoms with Gasteiger partial charge in [0.05, 0.1) is 25.6 Å². The minimum Gasteiger partial charge on any atom is -0.497 e. The number of fused-ring (bicyclic) bond motifs is 1. The Morgan fingerprint density at radius 3 is 2.55 bits per heavy atom. The highest BCUT2D eigenvalue weighted by Crippen LogP contribution is 2.29. The third-order valence-electron chi connectivity index (χ3n) is 4.84. The van der Waals surface area contributed by atoms with Crippen molar-refractivity contribution in [2.45, 2.75) is 10.9 Å². The lowest BCUT2D eigenvalue weighted by Gasteiger charge is -2.14. The topological polar surface area (TPSA) is 104 Å². The fraction of sp³-hybridized carbons (Fsp3) is 0.182. The maximum atomic E-state index is 13.4. The van der Waals surface area contributed by atoms with E-state index in [1.807, 2.05) is 6.26 Å². The molecule has 1 amide bonds. The van der Waals surface area contributed by atoms with Crippen LogP contribution in [0.2, 0.25) is 0 Å². The minimum atomic E-state index is -0.649. The average Bonchev–Trinajstić information content (AvgIpc) is 3.27. The first-order valence-corrected chi connectivity index (χ1v) is 11.8. The summed E-state index contributed by atoms with van der Waals surface area (Å²) in [5, 5.41) is 2.75. The van der Waals surface area contributed by atoms with Crippen molar-refractivity contribution in [2.75, 3.05) is 25.8 Å². The van der Waals surface area contributed by atoms with Crippen molar-refractivity contribution >= 4 is 45.0 Å². The second kappa shape index (κ2) is 9.51. The number of methoxy groups -OCH3 is 2. The molecule has 0 aliphatic heterocycles. The Morgan fingerprint density at radius 1 is 1.12 bits per heavy atom. The Balaban J connectivity index is 1.81. The van der Waals surface area contributed by atoms with E-state index in [0.29, 0.717) is 31.9 Å². The molecule has 0 saturated carbocycles. The number of nitrogens with zero attached hydrogens (tertiary/aromatic N) is 3. The van der Waals surface area contributed by atoms with E-state index in [-0.39, 0.29) is 12.2 Å². The lowest BCUT2D eigenvalue weighted by Crippen LogP contribution is -2.40. The average molecular weight is 485 g/mol. The van der Waals surface area contributed by atoms with Crippen molar-refractivity contribution in [3.05, 3.63) is 69.4 Å². The molecule has 0 bridgehead atoms. The number of amides is 1. The number of thioether (sulfide) groups is 1. The van der Waals surface area contributed by atoms with E-state index in [0.717, 1.165) is 4.57 Å². The van der Waals surface area contributed by atoms with Crippen LogP contribution in [0.4, 0.5) is 5.69 Å². The molecule has 4 rings (SSSR count). The van der Waals surface area contributed by atoms with E-state index in [9.17, 15) is 14.4 Å². The van der Waals surface area contributed by atoms with Crippen LogP contribution in [-0.4, -0.2) is 40.5 Å². The quantitative estimate of drug-likeness (QED) is 0.402. The second-order valence-corrected chi connectivity index (χ2v) is 8.85. The van der Waals surface area contributed by atoms with Crippen LogP contribution >= 0.6 is 23.1 Å². The molecule has 2 aromatic heterocycles. The van der Waals surface area contributed by atoms with Crippen molar-refractivity contribution in [3.8, 4) is 17.2 Å². The molecule has 11 heteroatoms. The summed E-state index contributed by atoms with van der Waals surface area (Å²) in [5.41, 5.74) is -0.128. The summed E-state index contributed by atoms with van der Waals surface area (Å²) in [6, 6.07) is 13.6. The van der Waals surface area contributed by atoms with Gasteiger partial charge in [-0.1, -0.05) is 30.0 Å². The molecule has 9 nitrogen and oxygen atoms in total. The maximum Gasteiger partial charge on any atom is 0.337 e. The van der Waals surface area contributed by atoms with Crippen LogP contribution < -0.4 is 26.0 Å². The molecule has 0 unspecified atom stereocenters. The van der Waals surface area contributed by atoms with E-state index in [2.05, 4.69) is 10.3 Å². The Bertz CT molecular complexity index is 1440. The van der Waals surface area contributed by atoms with Gasteiger partial charge in [-0.15, -0.1) is 11.3 Å². The van der Waals surface area contributed by atoms with Gasteiger partial charge < -0.3 is 14.8 Å². The minimum absolute atomic E-state index is 0.180. The summed E-state index contributed by atoms with van der Waals surface area (Å²) in [6.45, 7) is -0.347. The molecule has 0 aliphatic rings. The molecule has 33 heavy (non-hydrogen) atoms. The van der Waals surface area contributed by atoms with Crippen LogP contribution in [0.25, 0.3) is 16.0 Å². The highest BCUT2D eigenvalue weighted by molar-refractivity contribution is 8.00. The lowest BCUT2D eigenvalue weighted by atomic mass is 10.2. The molecule has 2 heterocycles. The summed E-state index contributed by atoms with van der Waals surface area (Å²) < 4.78 is 13.7. The number of anilines is 1. The summed E-state index contributed by atoms with van der Waals surface area (Å²) in [6.07, 6.45) is 1.83. The zero-order valence-electron chi connectivity index (χ0n) is 18.0. The van der Waals surface area contributed by atoms with Crippen LogP contribution in [0.1, 0.15) is 0 Å². The normalized spacial score (nSPS) is 10.9. The van der Waals surface area contributed by atoms with E-state index >= 15 is 0 Å². The zero-order chi connectivity index (χ0) is 23.5. The largest absolute Gasteiger partial charge is 0.497 e. The molecule has 0 atom stereocenters. The maximum absolute atomic E-state index is 13.4. The van der Waals surface area contributed by atoms with E-state index in [1.54, 1.807) is 48.5 Å². The van der Waals surface area contributed by atoms with Crippen LogP contribution in [0.5, 0.6) is 11.5 Å². The van der Waals surface area contributed by atoms with E-state index in [1.165, 1.54) is 41.9 Å². The SMILES string of the molecule is COc1ccc(OC)c(NC(=O)Cn2c(=O)n(-c3ccccc3)c(=O)c3sc(SC)nc32)c1. The van der Waals surface area contributed by atoms with Gasteiger partial charge in [0.25, 0.3) is 5.56 Å². The predicted molar refractivity (Wildman–Crippen MR) is 129 cm³/mol. The van der Waals surface area contributed by atoms with Crippen LogP contribution in [-0.2, 0) is 11.3 Å². The number of thiazole rings is 1. The molecule has 0 radical (unpaired) electrons. The van der Waals surface area contributed by atoms with Crippen LogP contribution in [0, 0.1) is 0 Å². The monoisotopic (exact) mass is 484 g/mol. The first-order valence-electron chi connectivity index (χ1n) is 9.74. The van der Waals surface area contributed by atoms with Crippen molar-refractivity contribution in [3.63, 3.8) is 0 Å². The van der Waals surface area contributed by atoms with Crippen molar-refractivity contribution < 1.29 is 14.3 Å². The Labute approximate surface area is 196 Å². The van der Waals surface area contributed by atoms with Gasteiger partial charge in [0, 0.05) is 6.07 Å². The highest BCUT2D eigenvalue weighted by atomic mass is 32.2. The van der Waals surface area contributed by atoms with Crippen molar-refractivity contribution in [1.82, 2.24) is 14.1 Å². The van der Waals surface area contributed by atoms with Gasteiger partial charge in [-0.2, -0.15) is 0 Å². The molecule has 0 spiro atoms. The first-order chi connectivity index (χ1) is 16.0. The van der Waals surface area contributed by atoms with Crippen LogP contribution in [0.15, 0.2) is 62.5 Å². The Hall–Kier alpha value is -3.57. The molecule has 1 N–H and O–H groups in total. The van der Waals surface area contributed by atoms with E-state index < -0.39 is 17.2 Å². The number of benzene rings is 2. The summed E-state index contributed by atoms with van der Waals surface area (Å²) >= 11 is 2.55. The van der Waals surface area contributed by atoms with Crippen molar-refractivity contribution in [2.24, 2.45) is 0 Å². The molecule has 4 aromatic rings. The number of ether oxygens (including phenoxy) is 2. The smallest absolute Gasteiger partial charge is 0.337 e. The first kappa shape index (κ1) is 22.6. The van der Waals surface area contributed by atoms with Gasteiger partial charge in [0.1, 0.15) is 22.7 Å². The number of carbonyl (C=O) groups is 1. The fourth-order valence-corrected chi connectivity index (χ4v) is 4.79. The molecule has 0 saturated heterocycles. The van der Waals surface area contributed by atoms with Gasteiger partial charge in [-0.05, 0) is 30.5 Å². The van der Waals surface area contributed by atoms with E-state index in [4.69, 9.17) is 9.47 Å². The Kier molecular flexibility index (Phi) is 6.52. The highest BCUT2D eigenvalue weighted by Gasteiger charge is 2.21. The van der Waals surface area contributed by atoms with Gasteiger partial charge in [0.15, 0.2) is 9.99 Å². The zero-order valence-corrected chi connectivity index (χ0v) is 19.7. The summed E-state index contributed by atoms with van der Waals surface area (Å²) in [5.74, 6) is 0.489. The lowest BCUT2D eigenvalue weighted by molar-refractivity contribution is -0.116. The number of hydrogen-bond acceptors (Lipinski definition) is 8. The summed E-state index contributed by atoms with van der Waals surface area (Å²) in [4.78, 5) is 43.9. The predicted octanol–water partition coefficient (Wildman–Crippen LogP) is 2.99. The van der Waals surface area contributed by atoms with Gasteiger partial charge in [-0.3, -0.25) is 14.2 Å². The molecular formula is C22H20N4O5S2. The second-order valence-electron chi connectivity index (χ2n) is 6.80. The van der Waals surface area contributed by atoms with Gasteiger partial charge in [0.2, 0.25) is 5.91 Å². The van der Waals surface area contributed by atoms with Crippen LogP contribution in [0.3, 0.4) is 0 Å². The Morgan fingerprint density at radius 2 is 1.88 bits per heavy atom. The molecule has 0 fully saturated rings. The van der Waals surface area contributed by atoms with Gasteiger partial charge in [-0.25, -0.2) is 14.3 Å². The number of aromatic nitrogens is 3. The molecule has 170 valence electrons. The number of carbonyl (C=O) groups excluding carboxylic acids is 1. The third kappa shape index (κ3) is 4.37. The fourth-order valence-electron chi connectivity index (χ4n) is 3.29. The molecular weight excluding hydrogens is 464 g/mol. The number of rotatable bonds is 7. The number of nitrogens with one attached hydrogen (secondary N) is 1. The van der Waals surface area contributed by atoms with Gasteiger partial charge >= 0.3 is 5.69 Å². The summed E-state index contributed by atoms with van der Waals surface area (Å²) in [7, 11) is 3.00. The standard InChI is InChI=1S/C22H20N4O5S2/c1-30-14-9-10-16(31-2)15(11-14)23-17(27)12-25-19-18(33-21(24-19)32-3)20(28)26(22(25)29)13-7-5-4-6-8-13/h4-11H,12H2,1-3H3,(H,23,27). The third-order valence-corrected chi connectivity index (χ3v) is 6.85. The number of para-hydroxylation sites is 1. The molecule has 0 aliphatic carbocycles.